The van der Waals surface area contributed by atoms with Crippen LogP contribution < -0.4 is 5.73 Å². The second kappa shape index (κ2) is 3.56. The van der Waals surface area contributed by atoms with Crippen LogP contribution in [0.2, 0.25) is 0 Å². The lowest BCUT2D eigenvalue weighted by Gasteiger charge is -2.25. The number of carboxylic acid groups (broad SMARTS) is 1. The van der Waals surface area contributed by atoms with Crippen LogP contribution in [-0.4, -0.2) is 21.9 Å². The van der Waals surface area contributed by atoms with Crippen molar-refractivity contribution in [2.75, 3.05) is 0 Å². The first kappa shape index (κ1) is 10.2. The molecule has 3 nitrogen and oxygen atoms in total. The molecule has 0 aromatic heterocycles. The minimum atomic E-state index is -0.958. The van der Waals surface area contributed by atoms with Crippen molar-refractivity contribution in [3.8, 4) is 0 Å². The first-order valence-corrected chi connectivity index (χ1v) is 5.07. The topological polar surface area (TPSA) is 63.3 Å². The van der Waals surface area contributed by atoms with E-state index in [9.17, 15) is 4.79 Å². The van der Waals surface area contributed by atoms with Gasteiger partial charge in [0.15, 0.2) is 0 Å². The molecule has 0 spiro atoms. The number of nitrogens with two attached hydrogens (primary N) is 1. The van der Waals surface area contributed by atoms with Crippen molar-refractivity contribution in [2.45, 2.75) is 24.6 Å². The molecule has 0 aromatic carbocycles. The Kier molecular flexibility index (Phi) is 3.63. The predicted molar refractivity (Wildman–Crippen MR) is 47.0 cm³/mol. The van der Waals surface area contributed by atoms with Crippen molar-refractivity contribution in [3.63, 3.8) is 0 Å². The number of carbonyl (C=O) groups is 1. The zero-order chi connectivity index (χ0) is 8.36. The van der Waals surface area contributed by atoms with Crippen LogP contribution in [0.15, 0.2) is 0 Å². The van der Waals surface area contributed by atoms with Gasteiger partial charge in [-0.2, -0.15) is 0 Å². The largest absolute Gasteiger partial charge is 0.480 e. The molecule has 0 aliphatic heterocycles. The van der Waals surface area contributed by atoms with Crippen molar-refractivity contribution >= 4 is 25.8 Å². The molecule has 60 valence electrons. The van der Waals surface area contributed by atoms with Crippen LogP contribution in [0.5, 0.6) is 0 Å². The molecule has 2 atom stereocenters. The Morgan fingerprint density at radius 2 is 2.20 bits per heavy atom. The summed E-state index contributed by atoms with van der Waals surface area (Å²) >= 11 is 1.37. The quantitative estimate of drug-likeness (QED) is 0.629. The van der Waals surface area contributed by atoms with Gasteiger partial charge in [-0.15, -0.1) is 11.4 Å². The molecule has 0 heterocycles. The number of hydrogen-bond donors (Lipinski definition) is 2. The van der Waals surface area contributed by atoms with E-state index in [1.807, 2.05) is 0 Å². The second-order valence-electron chi connectivity index (χ2n) is 2.54. The van der Waals surface area contributed by atoms with E-state index in [4.69, 9.17) is 10.8 Å². The normalized spacial score (nSPS) is 14.8. The number of aliphatic carboxylic acids is 1. The van der Waals surface area contributed by atoms with Gasteiger partial charge >= 0.3 is 5.97 Å². The fraction of sp³-hybridized carbons (Fsp3) is 0.800. The fourth-order valence-corrected chi connectivity index (χ4v) is 1.06. The van der Waals surface area contributed by atoms with Gasteiger partial charge in [0.1, 0.15) is 6.04 Å². The van der Waals surface area contributed by atoms with E-state index in [2.05, 4.69) is 8.44 Å². The smallest absolute Gasteiger partial charge is 0.321 e. The molecule has 0 fully saturated rings. The maximum atomic E-state index is 10.4. The third kappa shape index (κ3) is 2.45. The van der Waals surface area contributed by atoms with Gasteiger partial charge in [0, 0.05) is 4.75 Å². The monoisotopic (exact) mass is 181 g/mol. The summed E-state index contributed by atoms with van der Waals surface area (Å²) < 4.78 is -0.420. The summed E-state index contributed by atoms with van der Waals surface area (Å²) in [6, 6.07) is -0.810. The zero-order valence-corrected chi connectivity index (χ0v) is 7.97. The summed E-state index contributed by atoms with van der Waals surface area (Å²) in [6.45, 7) is 3.59. The van der Waals surface area contributed by atoms with Gasteiger partial charge in [-0.25, -0.2) is 0 Å². The zero-order valence-electron chi connectivity index (χ0n) is 6.00. The average molecular weight is 181 g/mol. The van der Waals surface area contributed by atoms with E-state index in [1.54, 1.807) is 13.8 Å². The Morgan fingerprint density at radius 3 is 2.30 bits per heavy atom. The molecule has 0 radical (unpaired) electrons. The minimum absolute atomic E-state index is 0.420. The molecule has 3 N–H and O–H groups in total. The average Bonchev–Trinajstić information content (AvgIpc) is 1.86. The van der Waals surface area contributed by atoms with Crippen LogP contribution in [0.1, 0.15) is 13.8 Å². The summed E-state index contributed by atoms with van der Waals surface area (Å²) in [4.78, 5) is 10.4. The summed E-state index contributed by atoms with van der Waals surface area (Å²) in [5.74, 6) is -0.958. The lowest BCUT2D eigenvalue weighted by atomic mass is 10.1. The third-order valence-electron chi connectivity index (χ3n) is 1.32. The van der Waals surface area contributed by atoms with E-state index in [1.165, 1.54) is 11.4 Å². The molecule has 0 amide bonds. The summed E-state index contributed by atoms with van der Waals surface area (Å²) in [5.41, 5.74) is 5.37. The van der Waals surface area contributed by atoms with Gasteiger partial charge in [0.05, 0.1) is 0 Å². The SMILES string of the molecule is CC(C)(SP)[C@@H](N)C(=O)O. The van der Waals surface area contributed by atoms with Crippen LogP contribution in [0.4, 0.5) is 0 Å². The van der Waals surface area contributed by atoms with Gasteiger partial charge in [0.2, 0.25) is 0 Å². The van der Waals surface area contributed by atoms with Crippen molar-refractivity contribution in [1.82, 2.24) is 0 Å². The molecule has 5 heteroatoms. The van der Waals surface area contributed by atoms with Gasteiger partial charge < -0.3 is 10.8 Å². The highest BCUT2D eigenvalue weighted by atomic mass is 32.7. The van der Waals surface area contributed by atoms with Crippen molar-refractivity contribution in [3.05, 3.63) is 0 Å². The lowest BCUT2D eigenvalue weighted by Crippen LogP contribution is -2.46. The van der Waals surface area contributed by atoms with Crippen LogP contribution in [0, 0.1) is 0 Å². The predicted octanol–water partition coefficient (Wildman–Crippen LogP) is 0.700. The van der Waals surface area contributed by atoms with Crippen LogP contribution >= 0.6 is 19.8 Å². The molecule has 0 bridgehead atoms. The van der Waals surface area contributed by atoms with Gasteiger partial charge in [-0.3, -0.25) is 4.79 Å². The summed E-state index contributed by atoms with van der Waals surface area (Å²) in [5, 5.41) is 8.50. The molecule has 0 saturated heterocycles. The highest BCUT2D eigenvalue weighted by molar-refractivity contribution is 8.44. The molecular weight excluding hydrogens is 169 g/mol. The Hall–Kier alpha value is 0.210. The van der Waals surface area contributed by atoms with E-state index in [0.29, 0.717) is 0 Å². The Morgan fingerprint density at radius 1 is 1.80 bits per heavy atom. The van der Waals surface area contributed by atoms with Gasteiger partial charge in [-0.1, -0.05) is 8.44 Å². The first-order valence-electron chi connectivity index (χ1n) is 2.78. The Labute approximate surface area is 66.7 Å². The summed E-state index contributed by atoms with van der Waals surface area (Å²) in [7, 11) is 2.41. The highest BCUT2D eigenvalue weighted by Crippen LogP contribution is 2.32. The molecule has 10 heavy (non-hydrogen) atoms. The van der Waals surface area contributed by atoms with E-state index in [0.717, 1.165) is 0 Å². The number of carboxylic acids is 1. The van der Waals surface area contributed by atoms with Crippen LogP contribution in [-0.2, 0) is 4.79 Å². The number of rotatable bonds is 3. The lowest BCUT2D eigenvalue weighted by molar-refractivity contribution is -0.139. The third-order valence-corrected chi connectivity index (χ3v) is 4.00. The van der Waals surface area contributed by atoms with Crippen LogP contribution in [0.25, 0.3) is 0 Å². The molecular formula is C5H12NO2PS. The van der Waals surface area contributed by atoms with Crippen molar-refractivity contribution in [2.24, 2.45) is 5.73 Å². The van der Waals surface area contributed by atoms with E-state index >= 15 is 0 Å². The molecule has 0 rings (SSSR count). The second-order valence-corrected chi connectivity index (χ2v) is 4.53. The van der Waals surface area contributed by atoms with Gasteiger partial charge in [0.25, 0.3) is 0 Å². The van der Waals surface area contributed by atoms with Crippen molar-refractivity contribution < 1.29 is 9.90 Å². The minimum Gasteiger partial charge on any atom is -0.480 e. The number of hydrogen-bond acceptors (Lipinski definition) is 3. The highest BCUT2D eigenvalue weighted by Gasteiger charge is 2.30. The molecule has 0 aliphatic carbocycles. The maximum Gasteiger partial charge on any atom is 0.321 e. The Balaban J connectivity index is 4.17. The van der Waals surface area contributed by atoms with Crippen molar-refractivity contribution in [1.29, 1.82) is 0 Å². The van der Waals surface area contributed by atoms with E-state index < -0.39 is 16.8 Å². The molecule has 0 saturated carbocycles. The summed E-state index contributed by atoms with van der Waals surface area (Å²) in [6.07, 6.45) is 0. The molecule has 0 aliphatic rings. The molecule has 0 aromatic rings. The van der Waals surface area contributed by atoms with Crippen LogP contribution in [0.3, 0.4) is 0 Å². The maximum absolute atomic E-state index is 10.4. The fourth-order valence-electron chi connectivity index (χ4n) is 0.371. The Bertz CT molecular complexity index is 140. The first-order chi connectivity index (χ1) is 4.41. The molecule has 1 unspecified atom stereocenters. The standard InChI is InChI=1S/C5H12NO2PS/c1-5(2,10-9)3(6)4(7)8/h3H,6,9H2,1-2H3,(H,7,8)/t3-/m0/s1. The van der Waals surface area contributed by atoms with E-state index in [-0.39, 0.29) is 0 Å². The van der Waals surface area contributed by atoms with Gasteiger partial charge in [-0.05, 0) is 13.8 Å².